The number of hydrogen-bond acceptors (Lipinski definition) is 3. The first-order valence-electron chi connectivity index (χ1n) is 8.16. The fraction of sp³-hybridized carbons (Fsp3) is 0.316. The summed E-state index contributed by atoms with van der Waals surface area (Å²) in [5, 5.41) is 5.58. The topological polar surface area (TPSA) is 71.1 Å². The van der Waals surface area contributed by atoms with E-state index in [9.17, 15) is 9.59 Å². The fourth-order valence-corrected chi connectivity index (χ4v) is 2.18. The van der Waals surface area contributed by atoms with Gasteiger partial charge in [0.25, 0.3) is 11.8 Å². The number of nitrogens with one attached hydrogen (secondary N) is 2. The highest BCUT2D eigenvalue weighted by molar-refractivity contribution is 6.04. The Balaban J connectivity index is 2.08. The van der Waals surface area contributed by atoms with Gasteiger partial charge in [0.15, 0.2) is 0 Å². The van der Waals surface area contributed by atoms with Crippen LogP contribution in [0.15, 0.2) is 42.6 Å². The van der Waals surface area contributed by atoms with E-state index in [1.807, 2.05) is 31.2 Å². The third-order valence-corrected chi connectivity index (χ3v) is 3.63. The highest BCUT2D eigenvalue weighted by Crippen LogP contribution is 2.17. The number of benzene rings is 1. The molecule has 0 fully saturated rings. The van der Waals surface area contributed by atoms with Crippen molar-refractivity contribution in [2.75, 3.05) is 11.9 Å². The summed E-state index contributed by atoms with van der Waals surface area (Å²) in [7, 11) is 0. The van der Waals surface area contributed by atoms with Crippen LogP contribution in [0.1, 0.15) is 59.5 Å². The zero-order chi connectivity index (χ0) is 17.5. The Morgan fingerprint density at radius 3 is 2.42 bits per heavy atom. The number of hydrogen-bond donors (Lipinski definition) is 2. The summed E-state index contributed by atoms with van der Waals surface area (Å²) >= 11 is 0. The average Bonchev–Trinajstić information content (AvgIpc) is 2.60. The van der Waals surface area contributed by atoms with Gasteiger partial charge in [-0.2, -0.15) is 0 Å². The largest absolute Gasteiger partial charge is 0.352 e. The van der Waals surface area contributed by atoms with Crippen molar-refractivity contribution in [1.29, 1.82) is 0 Å². The van der Waals surface area contributed by atoms with Gasteiger partial charge < -0.3 is 10.6 Å². The fourth-order valence-electron chi connectivity index (χ4n) is 2.18. The molecule has 2 amide bonds. The number of anilines is 1. The minimum absolute atomic E-state index is 0.199. The quantitative estimate of drug-likeness (QED) is 0.852. The van der Waals surface area contributed by atoms with E-state index in [2.05, 4.69) is 29.5 Å². The van der Waals surface area contributed by atoms with Crippen LogP contribution in [0, 0.1) is 0 Å². The van der Waals surface area contributed by atoms with Crippen LogP contribution in [0.25, 0.3) is 0 Å². The van der Waals surface area contributed by atoms with Gasteiger partial charge in [-0.15, -0.1) is 0 Å². The summed E-state index contributed by atoms with van der Waals surface area (Å²) in [5.74, 6) is -0.0956. The molecule has 1 heterocycles. The smallest absolute Gasteiger partial charge is 0.274 e. The number of carbonyl (C=O) groups excluding carboxylic acids is 2. The van der Waals surface area contributed by atoms with Crippen LogP contribution in [0.5, 0.6) is 0 Å². The van der Waals surface area contributed by atoms with Crippen molar-refractivity contribution in [3.05, 3.63) is 59.4 Å². The van der Waals surface area contributed by atoms with E-state index in [0.717, 1.165) is 6.42 Å². The predicted molar refractivity (Wildman–Crippen MR) is 95.3 cm³/mol. The summed E-state index contributed by atoms with van der Waals surface area (Å²) in [6.45, 7) is 6.82. The number of amides is 2. The van der Waals surface area contributed by atoms with E-state index in [1.165, 1.54) is 17.8 Å². The molecule has 0 saturated heterocycles. The van der Waals surface area contributed by atoms with E-state index >= 15 is 0 Å². The van der Waals surface area contributed by atoms with Gasteiger partial charge in [-0.1, -0.05) is 32.9 Å². The molecule has 0 saturated carbocycles. The molecule has 0 bridgehead atoms. The van der Waals surface area contributed by atoms with Crippen LogP contribution in [0.3, 0.4) is 0 Å². The maximum Gasteiger partial charge on any atom is 0.274 e. The van der Waals surface area contributed by atoms with E-state index in [1.54, 1.807) is 6.07 Å². The summed E-state index contributed by atoms with van der Waals surface area (Å²) in [6.07, 6.45) is 2.33. The van der Waals surface area contributed by atoms with Crippen molar-refractivity contribution in [2.24, 2.45) is 0 Å². The monoisotopic (exact) mass is 325 g/mol. The molecular weight excluding hydrogens is 302 g/mol. The van der Waals surface area contributed by atoms with E-state index < -0.39 is 0 Å². The minimum Gasteiger partial charge on any atom is -0.352 e. The molecule has 0 unspecified atom stereocenters. The van der Waals surface area contributed by atoms with Gasteiger partial charge in [0.2, 0.25) is 0 Å². The number of aromatic nitrogens is 1. The van der Waals surface area contributed by atoms with Gasteiger partial charge in [-0.3, -0.25) is 14.6 Å². The number of rotatable bonds is 6. The van der Waals surface area contributed by atoms with Crippen LogP contribution in [-0.4, -0.2) is 23.3 Å². The highest BCUT2D eigenvalue weighted by atomic mass is 16.2. The number of pyridine rings is 1. The van der Waals surface area contributed by atoms with Crippen LogP contribution >= 0.6 is 0 Å². The second-order valence-electron chi connectivity index (χ2n) is 5.92. The molecular formula is C19H23N3O2. The molecule has 0 aliphatic heterocycles. The van der Waals surface area contributed by atoms with E-state index in [-0.39, 0.29) is 17.5 Å². The molecule has 2 aromatic rings. The first-order valence-corrected chi connectivity index (χ1v) is 8.16. The Morgan fingerprint density at radius 2 is 1.79 bits per heavy atom. The zero-order valence-corrected chi connectivity index (χ0v) is 14.3. The molecule has 126 valence electrons. The molecule has 5 heteroatoms. The first-order chi connectivity index (χ1) is 11.5. The van der Waals surface area contributed by atoms with Crippen LogP contribution in [0.2, 0.25) is 0 Å². The SMILES string of the molecule is CCCNC(=O)c1ccnc(C(=O)Nc2ccc(C(C)C)cc2)c1. The standard InChI is InChI=1S/C19H23N3O2/c1-4-10-21-18(23)15-9-11-20-17(12-15)19(24)22-16-7-5-14(6-8-16)13(2)3/h5-9,11-13H,4,10H2,1-3H3,(H,21,23)(H,22,24). The molecule has 1 aromatic carbocycles. The third kappa shape index (κ3) is 4.65. The summed E-state index contributed by atoms with van der Waals surface area (Å²) < 4.78 is 0. The Labute approximate surface area is 142 Å². The van der Waals surface area contributed by atoms with E-state index in [4.69, 9.17) is 0 Å². The van der Waals surface area contributed by atoms with Gasteiger partial charge in [-0.05, 0) is 42.2 Å². The Kier molecular flexibility index (Phi) is 6.07. The Morgan fingerprint density at radius 1 is 1.08 bits per heavy atom. The highest BCUT2D eigenvalue weighted by Gasteiger charge is 2.12. The first kappa shape index (κ1) is 17.7. The molecule has 0 radical (unpaired) electrons. The van der Waals surface area contributed by atoms with Crippen LogP contribution in [-0.2, 0) is 0 Å². The molecule has 1 aromatic heterocycles. The molecule has 2 N–H and O–H groups in total. The Hall–Kier alpha value is -2.69. The van der Waals surface area contributed by atoms with E-state index in [0.29, 0.717) is 23.7 Å². The zero-order valence-electron chi connectivity index (χ0n) is 14.3. The lowest BCUT2D eigenvalue weighted by molar-refractivity contribution is 0.0953. The average molecular weight is 325 g/mol. The lowest BCUT2D eigenvalue weighted by atomic mass is 10.0. The second-order valence-corrected chi connectivity index (χ2v) is 5.92. The second kappa shape index (κ2) is 8.24. The lowest BCUT2D eigenvalue weighted by Gasteiger charge is -2.09. The normalized spacial score (nSPS) is 10.5. The predicted octanol–water partition coefficient (Wildman–Crippen LogP) is 3.60. The molecule has 0 aliphatic carbocycles. The lowest BCUT2D eigenvalue weighted by Crippen LogP contribution is -2.24. The molecule has 0 aliphatic rings. The van der Waals surface area contributed by atoms with Crippen molar-refractivity contribution in [3.8, 4) is 0 Å². The van der Waals surface area contributed by atoms with Crippen molar-refractivity contribution in [1.82, 2.24) is 10.3 Å². The van der Waals surface area contributed by atoms with Crippen LogP contribution in [0.4, 0.5) is 5.69 Å². The summed E-state index contributed by atoms with van der Waals surface area (Å²) in [4.78, 5) is 28.3. The number of carbonyl (C=O) groups is 2. The summed E-state index contributed by atoms with van der Waals surface area (Å²) in [5.41, 5.74) is 2.55. The maximum absolute atomic E-state index is 12.3. The minimum atomic E-state index is -0.336. The van der Waals surface area contributed by atoms with Gasteiger partial charge in [0.1, 0.15) is 5.69 Å². The molecule has 24 heavy (non-hydrogen) atoms. The maximum atomic E-state index is 12.3. The number of nitrogens with zero attached hydrogens (tertiary/aromatic N) is 1. The van der Waals surface area contributed by atoms with Gasteiger partial charge in [-0.25, -0.2) is 0 Å². The van der Waals surface area contributed by atoms with Crippen molar-refractivity contribution < 1.29 is 9.59 Å². The van der Waals surface area contributed by atoms with Gasteiger partial charge >= 0.3 is 0 Å². The van der Waals surface area contributed by atoms with Gasteiger partial charge in [0.05, 0.1) is 0 Å². The molecule has 0 spiro atoms. The van der Waals surface area contributed by atoms with Crippen molar-refractivity contribution in [2.45, 2.75) is 33.1 Å². The Bertz CT molecular complexity index is 709. The van der Waals surface area contributed by atoms with Crippen LogP contribution < -0.4 is 10.6 Å². The van der Waals surface area contributed by atoms with Gasteiger partial charge in [0, 0.05) is 24.0 Å². The molecule has 0 atom stereocenters. The van der Waals surface area contributed by atoms with Crippen molar-refractivity contribution >= 4 is 17.5 Å². The third-order valence-electron chi connectivity index (χ3n) is 3.63. The molecule has 5 nitrogen and oxygen atoms in total. The molecule has 2 rings (SSSR count). The summed E-state index contributed by atoms with van der Waals surface area (Å²) in [6, 6.07) is 10.8. The van der Waals surface area contributed by atoms with Crippen molar-refractivity contribution in [3.63, 3.8) is 0 Å².